The summed E-state index contributed by atoms with van der Waals surface area (Å²) in [4.78, 5) is 43.2. The van der Waals surface area contributed by atoms with Crippen molar-refractivity contribution in [1.29, 1.82) is 0 Å². The van der Waals surface area contributed by atoms with Crippen LogP contribution in [0.1, 0.15) is 34.5 Å². The van der Waals surface area contributed by atoms with Gasteiger partial charge in [-0.05, 0) is 36.6 Å². The minimum Gasteiger partial charge on any atom is -0.486 e. The molecule has 1 atom stereocenters. The molecule has 212 valence electrons. The molecule has 5 heterocycles. The average Bonchev–Trinajstić information content (AvgIpc) is 3.01. The molecule has 1 aromatic carbocycles. The quantitative estimate of drug-likeness (QED) is 0.367. The van der Waals surface area contributed by atoms with Gasteiger partial charge in [-0.2, -0.15) is 4.39 Å². The van der Waals surface area contributed by atoms with E-state index in [0.29, 0.717) is 30.9 Å². The second-order valence-corrected chi connectivity index (χ2v) is 10.3. The second-order valence-electron chi connectivity index (χ2n) is 10.3. The molecule has 0 radical (unpaired) electrons. The number of ether oxygens (including phenoxy) is 1. The molecule has 1 fully saturated rings. The largest absolute Gasteiger partial charge is 0.486 e. The van der Waals surface area contributed by atoms with Crippen LogP contribution in [0.15, 0.2) is 54.0 Å². The first kappa shape index (κ1) is 26.8. The summed E-state index contributed by atoms with van der Waals surface area (Å²) in [6.07, 6.45) is 10.1. The maximum atomic E-state index is 14.5. The van der Waals surface area contributed by atoms with Crippen molar-refractivity contribution in [1.82, 2.24) is 29.7 Å². The number of halogens is 2. The lowest BCUT2D eigenvalue weighted by Gasteiger charge is -2.40. The maximum Gasteiger partial charge on any atom is 0.269 e. The van der Waals surface area contributed by atoms with E-state index < -0.39 is 11.6 Å². The van der Waals surface area contributed by atoms with Crippen LogP contribution in [0.2, 0.25) is 0 Å². The van der Waals surface area contributed by atoms with Gasteiger partial charge in [-0.3, -0.25) is 24.5 Å². The van der Waals surface area contributed by atoms with Crippen molar-refractivity contribution in [3.8, 4) is 5.75 Å². The number of carbonyl (C=O) groups is 1. The van der Waals surface area contributed by atoms with Crippen LogP contribution >= 0.6 is 0 Å². The summed E-state index contributed by atoms with van der Waals surface area (Å²) in [5, 5.41) is 2.69. The molecule has 1 N–H and O–H groups in total. The molecule has 6 rings (SSSR count). The van der Waals surface area contributed by atoms with Crippen LogP contribution in [0.25, 0.3) is 10.9 Å². The van der Waals surface area contributed by atoms with Gasteiger partial charge < -0.3 is 19.5 Å². The fraction of sp³-hybridized carbons (Fsp3) is 0.345. The van der Waals surface area contributed by atoms with E-state index in [1.54, 1.807) is 48.7 Å². The molecule has 12 heteroatoms. The van der Waals surface area contributed by atoms with Crippen molar-refractivity contribution < 1.29 is 18.3 Å². The van der Waals surface area contributed by atoms with E-state index in [0.717, 1.165) is 36.8 Å². The van der Waals surface area contributed by atoms with Crippen LogP contribution in [0.4, 0.5) is 14.6 Å². The van der Waals surface area contributed by atoms with Crippen LogP contribution in [-0.2, 0) is 19.6 Å². The molecule has 2 aliphatic rings. The Kier molecular flexibility index (Phi) is 7.31. The number of rotatable bonds is 7. The molecule has 3 aromatic heterocycles. The number of benzene rings is 1. The van der Waals surface area contributed by atoms with Crippen LogP contribution in [0.5, 0.6) is 5.75 Å². The topological polar surface area (TPSA) is 105 Å². The van der Waals surface area contributed by atoms with Crippen LogP contribution in [-0.4, -0.2) is 63.1 Å². The lowest BCUT2D eigenvalue weighted by Crippen LogP contribution is -2.48. The van der Waals surface area contributed by atoms with Crippen molar-refractivity contribution >= 4 is 22.6 Å². The van der Waals surface area contributed by atoms with E-state index in [9.17, 15) is 18.4 Å². The van der Waals surface area contributed by atoms with Gasteiger partial charge in [0.15, 0.2) is 17.0 Å². The van der Waals surface area contributed by atoms with E-state index in [1.165, 1.54) is 0 Å². The van der Waals surface area contributed by atoms with Gasteiger partial charge in [-0.25, -0.2) is 9.37 Å². The third kappa shape index (κ3) is 5.22. The molecule has 0 bridgehead atoms. The number of pyridine rings is 2. The third-order valence-corrected chi connectivity index (χ3v) is 7.69. The summed E-state index contributed by atoms with van der Waals surface area (Å²) in [6, 6.07) is 4.59. The number of nitrogens with one attached hydrogen (secondary N) is 1. The van der Waals surface area contributed by atoms with E-state index >= 15 is 0 Å². The highest BCUT2D eigenvalue weighted by molar-refractivity contribution is 5.92. The fourth-order valence-corrected chi connectivity index (χ4v) is 5.71. The van der Waals surface area contributed by atoms with Crippen LogP contribution < -0.4 is 20.4 Å². The smallest absolute Gasteiger partial charge is 0.269 e. The van der Waals surface area contributed by atoms with Crippen molar-refractivity contribution in [2.75, 3.05) is 31.6 Å². The number of aromatic nitrogens is 4. The van der Waals surface area contributed by atoms with Gasteiger partial charge >= 0.3 is 0 Å². The van der Waals surface area contributed by atoms with Gasteiger partial charge in [0.2, 0.25) is 5.82 Å². The average molecular weight is 562 g/mol. The molecule has 2 aliphatic heterocycles. The monoisotopic (exact) mass is 561 g/mol. The molecule has 1 saturated heterocycles. The fourth-order valence-electron chi connectivity index (χ4n) is 5.71. The Labute approximate surface area is 234 Å². The molecule has 0 spiro atoms. The highest BCUT2D eigenvalue weighted by Gasteiger charge is 2.29. The van der Waals surface area contributed by atoms with Gasteiger partial charge in [0.25, 0.3) is 5.91 Å². The van der Waals surface area contributed by atoms with E-state index in [2.05, 4.69) is 30.1 Å². The molecule has 41 heavy (non-hydrogen) atoms. The zero-order valence-electron chi connectivity index (χ0n) is 22.5. The Bertz CT molecular complexity index is 1660. The standard InChI is InChI=1S/C29H29F2N7O3/c1-32-29(40)23-11-18(4-5-34-23)14-38(20-3-2-8-36(17-20)24-13-33-6-7-35-24)16-19-15-37-9-10-41-28-25(31)22(30)12-21(26(28)37)27(19)39/h4-7,11-13,15,20H,2-3,8-10,14,16-17H2,1H3,(H,32,40)/t20-/m0/s1. The SMILES string of the molecule is CNC(=O)c1cc(CN(Cc2cn3c4c(c(F)c(F)cc4c2=O)OCC3)[C@H]2CCCN(c3cnccn3)C2)ccn1. The van der Waals surface area contributed by atoms with Gasteiger partial charge in [-0.1, -0.05) is 0 Å². The summed E-state index contributed by atoms with van der Waals surface area (Å²) in [5.41, 5.74) is 1.53. The van der Waals surface area contributed by atoms with Crippen molar-refractivity contribution in [3.05, 3.63) is 87.9 Å². The number of carbonyl (C=O) groups excluding carboxylic acids is 1. The highest BCUT2D eigenvalue weighted by Crippen LogP contribution is 2.33. The van der Waals surface area contributed by atoms with Gasteiger partial charge in [0, 0.05) is 69.6 Å². The normalized spacial score (nSPS) is 16.6. The van der Waals surface area contributed by atoms with E-state index in [-0.39, 0.29) is 47.2 Å². The summed E-state index contributed by atoms with van der Waals surface area (Å²) in [7, 11) is 1.55. The lowest BCUT2D eigenvalue weighted by atomic mass is 10.0. The lowest BCUT2D eigenvalue weighted by molar-refractivity contribution is 0.0957. The maximum absolute atomic E-state index is 14.5. The summed E-state index contributed by atoms with van der Waals surface area (Å²) < 4.78 is 36.1. The Hall–Kier alpha value is -4.45. The minimum absolute atomic E-state index is 0.0303. The van der Waals surface area contributed by atoms with Gasteiger partial charge in [0.05, 0.1) is 23.6 Å². The van der Waals surface area contributed by atoms with E-state index in [1.807, 2.05) is 6.07 Å². The predicted octanol–water partition coefficient (Wildman–Crippen LogP) is 2.89. The Balaban J connectivity index is 1.38. The molecule has 0 unspecified atom stereocenters. The summed E-state index contributed by atoms with van der Waals surface area (Å²) in [6.45, 7) is 2.77. The predicted molar refractivity (Wildman–Crippen MR) is 148 cm³/mol. The number of amides is 1. The minimum atomic E-state index is -1.11. The number of nitrogens with zero attached hydrogens (tertiary/aromatic N) is 6. The number of anilines is 1. The van der Waals surface area contributed by atoms with Crippen molar-refractivity contribution in [2.45, 2.75) is 38.5 Å². The first-order valence-corrected chi connectivity index (χ1v) is 13.5. The van der Waals surface area contributed by atoms with Crippen molar-refractivity contribution in [3.63, 3.8) is 0 Å². The molecule has 4 aromatic rings. The Morgan fingerprint density at radius 2 is 2.05 bits per heavy atom. The number of hydrogen-bond donors (Lipinski definition) is 1. The number of hydrogen-bond acceptors (Lipinski definition) is 8. The zero-order valence-corrected chi connectivity index (χ0v) is 22.5. The van der Waals surface area contributed by atoms with Crippen LogP contribution in [0, 0.1) is 11.6 Å². The molecular weight excluding hydrogens is 532 g/mol. The first-order chi connectivity index (χ1) is 19.9. The Morgan fingerprint density at radius 1 is 1.17 bits per heavy atom. The first-order valence-electron chi connectivity index (χ1n) is 13.5. The van der Waals surface area contributed by atoms with E-state index in [4.69, 9.17) is 4.74 Å². The molecule has 0 aliphatic carbocycles. The van der Waals surface area contributed by atoms with Crippen LogP contribution in [0.3, 0.4) is 0 Å². The molecular formula is C29H29F2N7O3. The molecule has 1 amide bonds. The number of piperidine rings is 1. The molecule has 10 nitrogen and oxygen atoms in total. The summed E-state index contributed by atoms with van der Waals surface area (Å²) >= 11 is 0. The van der Waals surface area contributed by atoms with Gasteiger partial charge in [-0.15, -0.1) is 0 Å². The van der Waals surface area contributed by atoms with Crippen molar-refractivity contribution in [2.24, 2.45) is 0 Å². The Morgan fingerprint density at radius 3 is 2.85 bits per heavy atom. The van der Waals surface area contributed by atoms with Gasteiger partial charge in [0.1, 0.15) is 18.1 Å². The highest BCUT2D eigenvalue weighted by atomic mass is 19.2. The molecule has 0 saturated carbocycles. The summed E-state index contributed by atoms with van der Waals surface area (Å²) in [5.74, 6) is -1.93. The second kappa shape index (κ2) is 11.2. The zero-order chi connectivity index (χ0) is 28.5. The third-order valence-electron chi connectivity index (χ3n) is 7.69.